The number of hydrogen-bond donors (Lipinski definition) is 2. The summed E-state index contributed by atoms with van der Waals surface area (Å²) in [7, 11) is 0. The summed E-state index contributed by atoms with van der Waals surface area (Å²) in [4.78, 5) is 0. The van der Waals surface area contributed by atoms with Crippen LogP contribution in [-0.2, 0) is 12.8 Å². The highest BCUT2D eigenvalue weighted by molar-refractivity contribution is 5.03. The Morgan fingerprint density at radius 1 is 1.28 bits per heavy atom. The van der Waals surface area contributed by atoms with Crippen LogP contribution in [0.25, 0.3) is 0 Å². The first-order valence-electron chi connectivity index (χ1n) is 7.12. The van der Waals surface area contributed by atoms with Gasteiger partial charge in [0.25, 0.3) is 0 Å². The second kappa shape index (κ2) is 5.36. The summed E-state index contributed by atoms with van der Waals surface area (Å²) in [5.74, 6) is 2.82. The van der Waals surface area contributed by atoms with E-state index in [0.29, 0.717) is 5.92 Å². The summed E-state index contributed by atoms with van der Waals surface area (Å²) < 4.78 is 2.21. The van der Waals surface area contributed by atoms with Crippen molar-refractivity contribution in [1.29, 1.82) is 0 Å². The number of aliphatic hydroxyl groups is 1. The van der Waals surface area contributed by atoms with Gasteiger partial charge in [0, 0.05) is 12.8 Å². The lowest BCUT2D eigenvalue weighted by Crippen LogP contribution is -2.32. The van der Waals surface area contributed by atoms with Crippen LogP contribution < -0.4 is 5.32 Å². The molecule has 0 bridgehead atoms. The van der Waals surface area contributed by atoms with Crippen molar-refractivity contribution >= 4 is 0 Å². The molecule has 18 heavy (non-hydrogen) atoms. The van der Waals surface area contributed by atoms with Crippen LogP contribution in [0.2, 0.25) is 0 Å². The maximum absolute atomic E-state index is 9.50. The van der Waals surface area contributed by atoms with E-state index in [-0.39, 0.29) is 12.6 Å². The quantitative estimate of drug-likeness (QED) is 0.828. The van der Waals surface area contributed by atoms with Gasteiger partial charge in [0.05, 0.1) is 12.6 Å². The highest BCUT2D eigenvalue weighted by Gasteiger charge is 2.25. The van der Waals surface area contributed by atoms with Crippen molar-refractivity contribution in [1.82, 2.24) is 20.1 Å². The zero-order chi connectivity index (χ0) is 12.4. The van der Waals surface area contributed by atoms with Crippen LogP contribution in [0.1, 0.15) is 43.4 Å². The molecule has 2 aliphatic heterocycles. The molecule has 0 amide bonds. The molecule has 0 spiro atoms. The fraction of sp³-hybridized carbons (Fsp3) is 0.846. The van der Waals surface area contributed by atoms with Gasteiger partial charge in [-0.2, -0.15) is 0 Å². The number of nitrogens with zero attached hydrogens (tertiary/aromatic N) is 3. The number of rotatable bonds is 3. The summed E-state index contributed by atoms with van der Waals surface area (Å²) >= 11 is 0. The van der Waals surface area contributed by atoms with Crippen LogP contribution in [0.5, 0.6) is 0 Å². The Kier molecular flexibility index (Phi) is 3.61. The average Bonchev–Trinajstić information content (AvgIpc) is 2.83. The molecule has 1 fully saturated rings. The first-order chi connectivity index (χ1) is 8.88. The molecule has 0 aromatic carbocycles. The molecule has 3 rings (SSSR count). The highest BCUT2D eigenvalue weighted by atomic mass is 16.3. The zero-order valence-electron chi connectivity index (χ0n) is 10.8. The molecule has 3 heterocycles. The smallest absolute Gasteiger partial charge is 0.133 e. The second-order valence-electron chi connectivity index (χ2n) is 5.55. The standard InChI is InChI=1S/C13H22N4O/c18-9-11-4-1-5-12-15-16-13(17(11)12)7-10-3-2-6-14-8-10/h10-11,14,18H,1-9H2. The van der Waals surface area contributed by atoms with Crippen molar-refractivity contribution in [2.75, 3.05) is 19.7 Å². The van der Waals surface area contributed by atoms with Gasteiger partial charge < -0.3 is 15.0 Å². The molecule has 1 saturated heterocycles. The van der Waals surface area contributed by atoms with Crippen molar-refractivity contribution in [2.45, 2.75) is 44.6 Å². The zero-order valence-corrected chi connectivity index (χ0v) is 10.8. The SMILES string of the molecule is OCC1CCCc2nnc(CC3CCCNC3)n21. The van der Waals surface area contributed by atoms with Gasteiger partial charge in [-0.15, -0.1) is 10.2 Å². The van der Waals surface area contributed by atoms with E-state index in [1.165, 1.54) is 12.8 Å². The van der Waals surface area contributed by atoms with Crippen LogP contribution in [0, 0.1) is 5.92 Å². The number of nitrogens with one attached hydrogen (secondary N) is 1. The van der Waals surface area contributed by atoms with E-state index in [2.05, 4.69) is 20.1 Å². The van der Waals surface area contributed by atoms with Gasteiger partial charge in [0.15, 0.2) is 0 Å². The van der Waals surface area contributed by atoms with Crippen LogP contribution >= 0.6 is 0 Å². The Labute approximate surface area is 108 Å². The van der Waals surface area contributed by atoms with Crippen LogP contribution in [0.4, 0.5) is 0 Å². The van der Waals surface area contributed by atoms with Crippen LogP contribution in [0.15, 0.2) is 0 Å². The first-order valence-corrected chi connectivity index (χ1v) is 7.12. The summed E-state index contributed by atoms with van der Waals surface area (Å²) in [6.07, 6.45) is 6.71. The number of aliphatic hydroxyl groups excluding tert-OH is 1. The van der Waals surface area contributed by atoms with E-state index in [4.69, 9.17) is 0 Å². The average molecular weight is 250 g/mol. The number of aromatic nitrogens is 3. The molecule has 100 valence electrons. The monoisotopic (exact) mass is 250 g/mol. The van der Waals surface area contributed by atoms with Gasteiger partial charge in [0.1, 0.15) is 11.6 Å². The van der Waals surface area contributed by atoms with E-state index >= 15 is 0 Å². The van der Waals surface area contributed by atoms with E-state index in [1.807, 2.05) is 0 Å². The van der Waals surface area contributed by atoms with E-state index in [1.54, 1.807) is 0 Å². The van der Waals surface area contributed by atoms with E-state index < -0.39 is 0 Å². The summed E-state index contributed by atoms with van der Waals surface area (Å²) in [6, 6.07) is 0.204. The normalized spacial score (nSPS) is 28.1. The van der Waals surface area contributed by atoms with Crippen LogP contribution in [-0.4, -0.2) is 39.6 Å². The largest absolute Gasteiger partial charge is 0.394 e. The molecule has 1 aromatic heterocycles. The van der Waals surface area contributed by atoms with Gasteiger partial charge in [-0.05, 0) is 44.7 Å². The summed E-state index contributed by atoms with van der Waals surface area (Å²) in [6.45, 7) is 2.45. The second-order valence-corrected chi connectivity index (χ2v) is 5.55. The Morgan fingerprint density at radius 3 is 3.00 bits per heavy atom. The number of hydrogen-bond acceptors (Lipinski definition) is 4. The molecule has 1 aromatic rings. The molecule has 2 unspecified atom stereocenters. The summed E-state index contributed by atoms with van der Waals surface area (Å²) in [5.41, 5.74) is 0. The number of piperidine rings is 1. The van der Waals surface area contributed by atoms with Crippen molar-refractivity contribution in [3.05, 3.63) is 11.6 Å². The summed E-state index contributed by atoms with van der Waals surface area (Å²) in [5, 5.41) is 21.6. The third-order valence-electron chi connectivity index (χ3n) is 4.22. The molecular weight excluding hydrogens is 228 g/mol. The van der Waals surface area contributed by atoms with E-state index in [9.17, 15) is 5.11 Å². The fourth-order valence-electron chi connectivity index (χ4n) is 3.25. The lowest BCUT2D eigenvalue weighted by Gasteiger charge is -2.27. The van der Waals surface area contributed by atoms with Crippen molar-refractivity contribution in [3.8, 4) is 0 Å². The fourth-order valence-corrected chi connectivity index (χ4v) is 3.25. The number of aryl methyl sites for hydroxylation is 1. The van der Waals surface area contributed by atoms with Crippen molar-refractivity contribution in [3.63, 3.8) is 0 Å². The first kappa shape index (κ1) is 12.1. The van der Waals surface area contributed by atoms with Gasteiger partial charge in [-0.3, -0.25) is 0 Å². The molecule has 0 radical (unpaired) electrons. The van der Waals surface area contributed by atoms with Crippen molar-refractivity contribution in [2.24, 2.45) is 5.92 Å². The van der Waals surface area contributed by atoms with Gasteiger partial charge in [0.2, 0.25) is 0 Å². The molecule has 5 nitrogen and oxygen atoms in total. The lowest BCUT2D eigenvalue weighted by molar-refractivity contribution is 0.201. The third-order valence-corrected chi connectivity index (χ3v) is 4.22. The predicted molar refractivity (Wildman–Crippen MR) is 68.4 cm³/mol. The predicted octanol–water partition coefficient (Wildman–Crippen LogP) is 0.690. The Hall–Kier alpha value is -0.940. The topological polar surface area (TPSA) is 63.0 Å². The molecule has 0 saturated carbocycles. The molecule has 2 N–H and O–H groups in total. The number of fused-ring (bicyclic) bond motifs is 1. The molecule has 0 aliphatic carbocycles. The minimum absolute atomic E-state index is 0.204. The van der Waals surface area contributed by atoms with E-state index in [0.717, 1.165) is 50.4 Å². The Bertz CT molecular complexity index is 398. The van der Waals surface area contributed by atoms with Gasteiger partial charge >= 0.3 is 0 Å². The molecule has 2 aliphatic rings. The minimum atomic E-state index is 0.204. The third kappa shape index (κ3) is 2.29. The Morgan fingerprint density at radius 2 is 2.22 bits per heavy atom. The maximum atomic E-state index is 9.50. The molecule has 5 heteroatoms. The maximum Gasteiger partial charge on any atom is 0.133 e. The Balaban J connectivity index is 1.77. The van der Waals surface area contributed by atoms with Gasteiger partial charge in [-0.1, -0.05) is 0 Å². The molecule has 2 atom stereocenters. The molecular formula is C13H22N4O. The van der Waals surface area contributed by atoms with Crippen LogP contribution in [0.3, 0.4) is 0 Å². The minimum Gasteiger partial charge on any atom is -0.394 e. The highest BCUT2D eigenvalue weighted by Crippen LogP contribution is 2.26. The lowest BCUT2D eigenvalue weighted by atomic mass is 9.95. The van der Waals surface area contributed by atoms with Crippen molar-refractivity contribution < 1.29 is 5.11 Å². The van der Waals surface area contributed by atoms with Gasteiger partial charge in [-0.25, -0.2) is 0 Å².